The smallest absolute Gasteiger partial charge is 0.333 e. The summed E-state index contributed by atoms with van der Waals surface area (Å²) in [5, 5.41) is 0. The predicted octanol–water partition coefficient (Wildman–Crippen LogP) is 1.48. The van der Waals surface area contributed by atoms with Crippen LogP contribution in [0, 0.1) is 5.92 Å². The highest BCUT2D eigenvalue weighted by atomic mass is 16.5. The van der Waals surface area contributed by atoms with E-state index in [0.717, 1.165) is 0 Å². The van der Waals surface area contributed by atoms with Crippen LogP contribution in [-0.2, 0) is 9.53 Å². The van der Waals surface area contributed by atoms with Gasteiger partial charge in [-0.1, -0.05) is 19.9 Å². The summed E-state index contributed by atoms with van der Waals surface area (Å²) in [6, 6.07) is -0.0793. The zero-order valence-electron chi connectivity index (χ0n) is 8.83. The van der Waals surface area contributed by atoms with Gasteiger partial charge < -0.3 is 10.5 Å². The number of ether oxygens (including phenoxy) is 1. The summed E-state index contributed by atoms with van der Waals surface area (Å²) in [6.45, 7) is 7.94. The molecule has 0 unspecified atom stereocenters. The van der Waals surface area contributed by atoms with E-state index in [9.17, 15) is 4.79 Å². The van der Waals surface area contributed by atoms with Crippen LogP contribution in [0.3, 0.4) is 0 Å². The SMILES string of the molecule is CCOC(=O)/C(C)=C/[C@@H](N)C(C)C. The number of hydrogen-bond acceptors (Lipinski definition) is 3. The summed E-state index contributed by atoms with van der Waals surface area (Å²) in [5.41, 5.74) is 6.35. The maximum absolute atomic E-state index is 11.2. The molecule has 0 radical (unpaired) electrons. The van der Waals surface area contributed by atoms with E-state index in [2.05, 4.69) is 0 Å². The van der Waals surface area contributed by atoms with Crippen molar-refractivity contribution in [2.75, 3.05) is 6.61 Å². The van der Waals surface area contributed by atoms with Gasteiger partial charge >= 0.3 is 5.97 Å². The molecule has 0 fully saturated rings. The second-order valence-corrected chi connectivity index (χ2v) is 3.39. The van der Waals surface area contributed by atoms with Gasteiger partial charge in [-0.25, -0.2) is 4.79 Å². The van der Waals surface area contributed by atoms with E-state index in [4.69, 9.17) is 10.5 Å². The van der Waals surface area contributed by atoms with Gasteiger partial charge in [0, 0.05) is 11.6 Å². The minimum atomic E-state index is -0.279. The number of nitrogens with two attached hydrogens (primary N) is 1. The first kappa shape index (κ1) is 12.2. The fourth-order valence-electron chi connectivity index (χ4n) is 0.794. The average molecular weight is 185 g/mol. The fraction of sp³-hybridized carbons (Fsp3) is 0.700. The molecule has 3 nitrogen and oxygen atoms in total. The lowest BCUT2D eigenvalue weighted by molar-refractivity contribution is -0.138. The Balaban J connectivity index is 4.22. The van der Waals surface area contributed by atoms with Gasteiger partial charge in [-0.3, -0.25) is 0 Å². The summed E-state index contributed by atoms with van der Waals surface area (Å²) >= 11 is 0. The van der Waals surface area contributed by atoms with Crippen molar-refractivity contribution < 1.29 is 9.53 Å². The molecule has 0 spiro atoms. The molecule has 0 aromatic carbocycles. The standard InChI is InChI=1S/C10H19NO2/c1-5-13-10(12)8(4)6-9(11)7(2)3/h6-7,9H,5,11H2,1-4H3/b8-6+/t9-/m1/s1. The summed E-state index contributed by atoms with van der Waals surface area (Å²) in [6.07, 6.45) is 1.75. The first-order valence-corrected chi connectivity index (χ1v) is 4.60. The van der Waals surface area contributed by atoms with Crippen LogP contribution in [-0.4, -0.2) is 18.6 Å². The van der Waals surface area contributed by atoms with Gasteiger partial charge in [-0.15, -0.1) is 0 Å². The Labute approximate surface area is 79.9 Å². The van der Waals surface area contributed by atoms with Gasteiger partial charge in [-0.2, -0.15) is 0 Å². The van der Waals surface area contributed by atoms with E-state index in [0.29, 0.717) is 18.1 Å². The maximum Gasteiger partial charge on any atom is 0.333 e. The lowest BCUT2D eigenvalue weighted by Crippen LogP contribution is -2.25. The lowest BCUT2D eigenvalue weighted by Gasteiger charge is -2.11. The third-order valence-electron chi connectivity index (χ3n) is 1.81. The molecule has 0 aromatic rings. The van der Waals surface area contributed by atoms with E-state index in [1.807, 2.05) is 13.8 Å². The average Bonchev–Trinajstić information content (AvgIpc) is 2.04. The Bertz CT molecular complexity index is 197. The molecule has 0 aliphatic rings. The summed E-state index contributed by atoms with van der Waals surface area (Å²) in [7, 11) is 0. The molecule has 76 valence electrons. The van der Waals surface area contributed by atoms with Gasteiger partial charge in [0.2, 0.25) is 0 Å². The van der Waals surface area contributed by atoms with Crippen LogP contribution in [0.4, 0.5) is 0 Å². The van der Waals surface area contributed by atoms with Gasteiger partial charge in [0.1, 0.15) is 0 Å². The number of rotatable bonds is 4. The molecular weight excluding hydrogens is 166 g/mol. The molecule has 0 bridgehead atoms. The first-order chi connectivity index (χ1) is 5.99. The Kier molecular flexibility index (Phi) is 5.39. The monoisotopic (exact) mass is 185 g/mol. The third kappa shape index (κ3) is 4.68. The number of hydrogen-bond donors (Lipinski definition) is 1. The van der Waals surface area contributed by atoms with Crippen LogP contribution in [0.1, 0.15) is 27.7 Å². The second-order valence-electron chi connectivity index (χ2n) is 3.39. The topological polar surface area (TPSA) is 52.3 Å². The van der Waals surface area contributed by atoms with Gasteiger partial charge in [0.15, 0.2) is 0 Å². The van der Waals surface area contributed by atoms with Crippen molar-refractivity contribution in [1.82, 2.24) is 0 Å². The summed E-state index contributed by atoms with van der Waals surface area (Å²) in [5.74, 6) is 0.0583. The maximum atomic E-state index is 11.2. The highest BCUT2D eigenvalue weighted by Gasteiger charge is 2.09. The Morgan fingerprint density at radius 2 is 2.08 bits per heavy atom. The van der Waals surface area contributed by atoms with E-state index >= 15 is 0 Å². The molecule has 0 rings (SSSR count). The molecule has 0 aliphatic heterocycles. The van der Waals surface area contributed by atoms with Crippen molar-refractivity contribution in [3.8, 4) is 0 Å². The molecule has 1 atom stereocenters. The molecule has 0 amide bonds. The van der Waals surface area contributed by atoms with Crippen molar-refractivity contribution in [1.29, 1.82) is 0 Å². The van der Waals surface area contributed by atoms with E-state index in [1.165, 1.54) is 0 Å². The Morgan fingerprint density at radius 1 is 1.54 bits per heavy atom. The predicted molar refractivity (Wildman–Crippen MR) is 53.2 cm³/mol. The second kappa shape index (κ2) is 5.75. The van der Waals surface area contributed by atoms with Crippen LogP contribution in [0.25, 0.3) is 0 Å². The van der Waals surface area contributed by atoms with Crippen molar-refractivity contribution in [2.45, 2.75) is 33.7 Å². The zero-order valence-corrected chi connectivity index (χ0v) is 8.83. The Morgan fingerprint density at radius 3 is 2.46 bits per heavy atom. The molecule has 0 heterocycles. The van der Waals surface area contributed by atoms with Crippen LogP contribution >= 0.6 is 0 Å². The van der Waals surface area contributed by atoms with Crippen molar-refractivity contribution in [3.05, 3.63) is 11.6 Å². The first-order valence-electron chi connectivity index (χ1n) is 4.60. The molecular formula is C10H19NO2. The van der Waals surface area contributed by atoms with E-state index < -0.39 is 0 Å². The van der Waals surface area contributed by atoms with Crippen LogP contribution < -0.4 is 5.73 Å². The largest absolute Gasteiger partial charge is 0.463 e. The molecule has 0 aliphatic carbocycles. The molecule has 2 N–H and O–H groups in total. The summed E-state index contributed by atoms with van der Waals surface area (Å²) in [4.78, 5) is 11.2. The quantitative estimate of drug-likeness (QED) is 0.533. The molecule has 0 aromatic heterocycles. The Hall–Kier alpha value is -0.830. The third-order valence-corrected chi connectivity index (χ3v) is 1.81. The van der Waals surface area contributed by atoms with Gasteiger partial charge in [0.05, 0.1) is 6.61 Å². The minimum Gasteiger partial charge on any atom is -0.463 e. The van der Waals surface area contributed by atoms with Crippen LogP contribution in [0.15, 0.2) is 11.6 Å². The molecule has 3 heteroatoms. The summed E-state index contributed by atoms with van der Waals surface area (Å²) < 4.78 is 4.82. The highest BCUT2D eigenvalue weighted by Crippen LogP contribution is 2.04. The zero-order chi connectivity index (χ0) is 10.4. The fourth-order valence-corrected chi connectivity index (χ4v) is 0.794. The molecule has 13 heavy (non-hydrogen) atoms. The normalized spacial score (nSPS) is 14.5. The number of esters is 1. The van der Waals surface area contributed by atoms with Gasteiger partial charge in [0.25, 0.3) is 0 Å². The van der Waals surface area contributed by atoms with Crippen molar-refractivity contribution in [3.63, 3.8) is 0 Å². The van der Waals surface area contributed by atoms with Crippen LogP contribution in [0.2, 0.25) is 0 Å². The molecule has 0 saturated carbocycles. The minimum absolute atomic E-state index is 0.0793. The van der Waals surface area contributed by atoms with Crippen molar-refractivity contribution in [2.24, 2.45) is 11.7 Å². The van der Waals surface area contributed by atoms with Crippen molar-refractivity contribution >= 4 is 5.97 Å². The highest BCUT2D eigenvalue weighted by molar-refractivity contribution is 5.87. The van der Waals surface area contributed by atoms with E-state index in [-0.39, 0.29) is 12.0 Å². The number of carbonyl (C=O) groups is 1. The van der Waals surface area contributed by atoms with E-state index in [1.54, 1.807) is 19.9 Å². The molecule has 0 saturated heterocycles. The number of carbonyl (C=O) groups excluding carboxylic acids is 1. The van der Waals surface area contributed by atoms with Crippen LogP contribution in [0.5, 0.6) is 0 Å². The lowest BCUT2D eigenvalue weighted by atomic mass is 10.0. The van der Waals surface area contributed by atoms with Gasteiger partial charge in [-0.05, 0) is 19.8 Å².